The molecule has 0 saturated carbocycles. The van der Waals surface area contributed by atoms with E-state index in [4.69, 9.17) is 9.41 Å². The van der Waals surface area contributed by atoms with Crippen LogP contribution < -0.4 is 5.36 Å². The quantitative estimate of drug-likeness (QED) is 0.268. The molecule has 132 valence electrons. The van der Waals surface area contributed by atoms with Crippen LogP contribution in [0.2, 0.25) is 0 Å². The van der Waals surface area contributed by atoms with Gasteiger partial charge in [0.1, 0.15) is 11.3 Å². The first-order valence-corrected chi connectivity index (χ1v) is 9.63. The standard InChI is InChI=1S/C25H21NO/c1-2-3-14-26-21-15-19-16-23(17-8-5-4-6-9-17)27-22-13-12-18-10-7-11-20(21)24(18)25(19)22/h4-13,15-16H,2-3,14H2,1H3. The topological polar surface area (TPSA) is 25.5 Å². The summed E-state index contributed by atoms with van der Waals surface area (Å²) in [4.78, 5) is 4.92. The van der Waals surface area contributed by atoms with Crippen LogP contribution >= 0.6 is 0 Å². The van der Waals surface area contributed by atoms with Crippen LogP contribution in [0.25, 0.3) is 44.2 Å². The van der Waals surface area contributed by atoms with Crippen LogP contribution in [0.1, 0.15) is 19.8 Å². The summed E-state index contributed by atoms with van der Waals surface area (Å²) in [7, 11) is 0. The molecule has 1 aliphatic carbocycles. The Labute approximate surface area is 158 Å². The van der Waals surface area contributed by atoms with Crippen LogP contribution in [-0.4, -0.2) is 6.54 Å². The molecule has 0 amide bonds. The van der Waals surface area contributed by atoms with E-state index in [9.17, 15) is 0 Å². The van der Waals surface area contributed by atoms with E-state index in [1.165, 1.54) is 27.3 Å². The first-order chi connectivity index (χ1) is 13.3. The summed E-state index contributed by atoms with van der Waals surface area (Å²) in [5.74, 6) is 0.890. The summed E-state index contributed by atoms with van der Waals surface area (Å²) in [6.45, 7) is 3.07. The largest absolute Gasteiger partial charge is 0.456 e. The maximum absolute atomic E-state index is 6.30. The van der Waals surface area contributed by atoms with Crippen LogP contribution in [0.3, 0.4) is 0 Å². The fourth-order valence-corrected chi connectivity index (χ4v) is 3.88. The highest BCUT2D eigenvalue weighted by molar-refractivity contribution is 6.13. The predicted octanol–water partition coefficient (Wildman–Crippen LogP) is 6.50. The summed E-state index contributed by atoms with van der Waals surface area (Å²) in [6, 6.07) is 25.4. The van der Waals surface area contributed by atoms with E-state index in [-0.39, 0.29) is 0 Å². The molecule has 0 bridgehead atoms. The normalized spacial score (nSPS) is 12.6. The average Bonchev–Trinajstić information content (AvgIpc) is 2.73. The first-order valence-electron chi connectivity index (χ1n) is 9.63. The Kier molecular flexibility index (Phi) is 3.90. The minimum atomic E-state index is 0.868. The number of benzene rings is 4. The molecule has 3 aromatic rings. The molecule has 2 nitrogen and oxygen atoms in total. The Bertz CT molecular complexity index is 1250. The average molecular weight is 351 g/mol. The smallest absolute Gasteiger partial charge is 0.135 e. The molecule has 0 N–H and O–H groups in total. The van der Waals surface area contributed by atoms with Crippen LogP contribution in [0.4, 0.5) is 0 Å². The van der Waals surface area contributed by atoms with Gasteiger partial charge >= 0.3 is 0 Å². The van der Waals surface area contributed by atoms with Gasteiger partial charge in [0.15, 0.2) is 0 Å². The van der Waals surface area contributed by atoms with Crippen molar-refractivity contribution in [2.75, 3.05) is 6.54 Å². The van der Waals surface area contributed by atoms with Crippen molar-refractivity contribution in [1.82, 2.24) is 0 Å². The second-order valence-electron chi connectivity index (χ2n) is 7.04. The Balaban J connectivity index is 1.87. The Hall–Kier alpha value is -3.13. The lowest BCUT2D eigenvalue weighted by atomic mass is 9.91. The minimum absolute atomic E-state index is 0.868. The highest BCUT2D eigenvalue weighted by Gasteiger charge is 2.18. The van der Waals surface area contributed by atoms with Gasteiger partial charge in [-0.2, -0.15) is 0 Å². The molecule has 0 atom stereocenters. The zero-order valence-electron chi connectivity index (χ0n) is 15.4. The van der Waals surface area contributed by atoms with Gasteiger partial charge in [-0.05, 0) is 35.6 Å². The van der Waals surface area contributed by atoms with E-state index >= 15 is 0 Å². The SMILES string of the molecule is CCCCN=c1cc2cc(-c3ccccc3)oc3ccc4cccc1c4c3-2. The lowest BCUT2D eigenvalue weighted by molar-refractivity contribution is 0.617. The Morgan fingerprint density at radius 3 is 2.59 bits per heavy atom. The van der Waals surface area contributed by atoms with Gasteiger partial charge in [-0.15, -0.1) is 0 Å². The molecule has 0 radical (unpaired) electrons. The van der Waals surface area contributed by atoms with Crippen molar-refractivity contribution in [3.63, 3.8) is 0 Å². The second kappa shape index (κ2) is 6.55. The summed E-state index contributed by atoms with van der Waals surface area (Å²) in [5.41, 5.74) is 4.40. The lowest BCUT2D eigenvalue weighted by Gasteiger charge is -2.16. The van der Waals surface area contributed by atoms with E-state index in [2.05, 4.69) is 61.5 Å². The molecule has 27 heavy (non-hydrogen) atoms. The third kappa shape index (κ3) is 2.69. The molecule has 1 heterocycles. The van der Waals surface area contributed by atoms with Crippen LogP contribution in [0, 0.1) is 0 Å². The molecule has 0 saturated heterocycles. The molecule has 0 aromatic heterocycles. The first kappa shape index (κ1) is 16.1. The second-order valence-corrected chi connectivity index (χ2v) is 7.04. The third-order valence-corrected chi connectivity index (χ3v) is 5.22. The zero-order valence-corrected chi connectivity index (χ0v) is 15.4. The highest BCUT2D eigenvalue weighted by atomic mass is 16.3. The molecule has 2 heteroatoms. The zero-order chi connectivity index (χ0) is 18.2. The molecule has 5 rings (SSSR count). The van der Waals surface area contributed by atoms with Crippen molar-refractivity contribution < 1.29 is 4.42 Å². The van der Waals surface area contributed by atoms with Gasteiger partial charge in [0.25, 0.3) is 0 Å². The molecular formula is C25H21NO. The van der Waals surface area contributed by atoms with Crippen molar-refractivity contribution in [1.29, 1.82) is 0 Å². The van der Waals surface area contributed by atoms with Gasteiger partial charge in [0, 0.05) is 28.4 Å². The van der Waals surface area contributed by atoms with Crippen molar-refractivity contribution in [3.8, 4) is 22.5 Å². The number of rotatable bonds is 4. The van der Waals surface area contributed by atoms with E-state index in [0.29, 0.717) is 0 Å². The summed E-state index contributed by atoms with van der Waals surface area (Å²) in [6.07, 6.45) is 2.27. The maximum atomic E-state index is 6.30. The van der Waals surface area contributed by atoms with Gasteiger partial charge in [-0.1, -0.05) is 67.9 Å². The number of unbranched alkanes of at least 4 members (excludes halogenated alkanes) is 1. The Morgan fingerprint density at radius 2 is 1.74 bits per heavy atom. The van der Waals surface area contributed by atoms with Crippen LogP contribution in [0.5, 0.6) is 0 Å². The van der Waals surface area contributed by atoms with E-state index in [1.807, 2.05) is 18.2 Å². The van der Waals surface area contributed by atoms with Gasteiger partial charge in [0.2, 0.25) is 0 Å². The number of hydrogen-bond acceptors (Lipinski definition) is 2. The number of nitrogens with zero attached hydrogens (tertiary/aromatic N) is 1. The van der Waals surface area contributed by atoms with Crippen molar-refractivity contribution >= 4 is 21.7 Å². The predicted molar refractivity (Wildman–Crippen MR) is 112 cm³/mol. The minimum Gasteiger partial charge on any atom is -0.456 e. The van der Waals surface area contributed by atoms with E-state index < -0.39 is 0 Å². The summed E-state index contributed by atoms with van der Waals surface area (Å²) in [5, 5.41) is 4.79. The Morgan fingerprint density at radius 1 is 0.852 bits per heavy atom. The fraction of sp³-hybridized carbons (Fsp3) is 0.160. The molecular weight excluding hydrogens is 330 g/mol. The molecule has 0 fully saturated rings. The van der Waals surface area contributed by atoms with E-state index in [1.54, 1.807) is 0 Å². The number of hydrogen-bond donors (Lipinski definition) is 0. The third-order valence-electron chi connectivity index (χ3n) is 5.22. The molecule has 0 spiro atoms. The summed E-state index contributed by atoms with van der Waals surface area (Å²) < 4.78 is 6.30. The van der Waals surface area contributed by atoms with Gasteiger partial charge < -0.3 is 4.42 Å². The van der Waals surface area contributed by atoms with Crippen molar-refractivity contribution in [3.05, 3.63) is 78.2 Å². The molecule has 0 unspecified atom stereocenters. The fourth-order valence-electron chi connectivity index (χ4n) is 3.88. The van der Waals surface area contributed by atoms with Gasteiger partial charge in [-0.25, -0.2) is 0 Å². The molecule has 2 aliphatic rings. The monoisotopic (exact) mass is 351 g/mol. The van der Waals surface area contributed by atoms with Crippen LogP contribution in [0.15, 0.2) is 82.2 Å². The lowest BCUT2D eigenvalue weighted by Crippen LogP contribution is -2.07. The van der Waals surface area contributed by atoms with Crippen LogP contribution in [-0.2, 0) is 0 Å². The van der Waals surface area contributed by atoms with E-state index in [0.717, 1.165) is 41.7 Å². The van der Waals surface area contributed by atoms with Crippen molar-refractivity contribution in [2.24, 2.45) is 4.99 Å². The van der Waals surface area contributed by atoms with Gasteiger partial charge in [-0.3, -0.25) is 4.99 Å². The maximum Gasteiger partial charge on any atom is 0.135 e. The molecule has 1 aliphatic heterocycles. The van der Waals surface area contributed by atoms with Crippen molar-refractivity contribution in [2.45, 2.75) is 19.8 Å². The van der Waals surface area contributed by atoms with Gasteiger partial charge in [0.05, 0.1) is 5.36 Å². The summed E-state index contributed by atoms with van der Waals surface area (Å²) >= 11 is 0. The highest BCUT2D eigenvalue weighted by Crippen LogP contribution is 2.40. The molecule has 3 aromatic carbocycles.